The van der Waals surface area contributed by atoms with Crippen molar-refractivity contribution < 1.29 is 14.3 Å². The van der Waals surface area contributed by atoms with E-state index in [1.807, 2.05) is 45.0 Å². The number of carbonyl (C=O) groups is 1. The topological polar surface area (TPSA) is 35.5 Å². The van der Waals surface area contributed by atoms with Crippen LogP contribution in [-0.4, -0.2) is 25.6 Å². The Bertz CT molecular complexity index is 368. The summed E-state index contributed by atoms with van der Waals surface area (Å²) in [7, 11) is 1.65. The van der Waals surface area contributed by atoms with Crippen molar-refractivity contribution in [2.75, 3.05) is 13.7 Å². The average Bonchev–Trinajstić information content (AvgIpc) is 2.29. The first-order valence-electron chi connectivity index (χ1n) is 6.31. The summed E-state index contributed by atoms with van der Waals surface area (Å²) in [6.45, 7) is 6.58. The standard InChI is InChI=1S/C15H22O3/c1-11(2)18-14-7-5-13(6-8-14)15(16)9-12(3)10-17-4/h5-8,11-12H,9-10H2,1-4H3. The first kappa shape index (κ1) is 14.7. The largest absolute Gasteiger partial charge is 0.491 e. The predicted molar refractivity (Wildman–Crippen MR) is 72.2 cm³/mol. The molecule has 0 aliphatic carbocycles. The van der Waals surface area contributed by atoms with E-state index in [4.69, 9.17) is 9.47 Å². The van der Waals surface area contributed by atoms with Crippen LogP contribution < -0.4 is 4.74 Å². The zero-order chi connectivity index (χ0) is 13.5. The zero-order valence-electron chi connectivity index (χ0n) is 11.6. The summed E-state index contributed by atoms with van der Waals surface area (Å²) in [6, 6.07) is 7.32. The van der Waals surface area contributed by atoms with Crippen LogP contribution in [0.4, 0.5) is 0 Å². The molecule has 1 aromatic carbocycles. The maximum absolute atomic E-state index is 12.0. The Kier molecular flexibility index (Phi) is 5.86. The number of hydrogen-bond acceptors (Lipinski definition) is 3. The summed E-state index contributed by atoms with van der Waals surface area (Å²) >= 11 is 0. The molecule has 0 aromatic heterocycles. The molecule has 3 nitrogen and oxygen atoms in total. The van der Waals surface area contributed by atoms with Gasteiger partial charge in [-0.25, -0.2) is 0 Å². The van der Waals surface area contributed by atoms with Gasteiger partial charge in [0, 0.05) is 25.7 Å². The lowest BCUT2D eigenvalue weighted by Gasteiger charge is -2.11. The molecule has 3 heteroatoms. The second-order valence-corrected chi connectivity index (χ2v) is 4.88. The van der Waals surface area contributed by atoms with Gasteiger partial charge in [0.05, 0.1) is 6.10 Å². The first-order chi connectivity index (χ1) is 8.52. The summed E-state index contributed by atoms with van der Waals surface area (Å²) < 4.78 is 10.6. The number of benzene rings is 1. The maximum atomic E-state index is 12.0. The lowest BCUT2D eigenvalue weighted by atomic mass is 10.0. The van der Waals surface area contributed by atoms with Gasteiger partial charge >= 0.3 is 0 Å². The van der Waals surface area contributed by atoms with Crippen molar-refractivity contribution >= 4 is 5.78 Å². The number of carbonyl (C=O) groups excluding carboxylic acids is 1. The number of Topliss-reactive ketones (excluding diaryl/α,β-unsaturated/α-hetero) is 1. The molecule has 0 N–H and O–H groups in total. The van der Waals surface area contributed by atoms with Gasteiger partial charge in [0.15, 0.2) is 5.78 Å². The van der Waals surface area contributed by atoms with Gasteiger partial charge in [-0.2, -0.15) is 0 Å². The highest BCUT2D eigenvalue weighted by Gasteiger charge is 2.11. The molecular weight excluding hydrogens is 228 g/mol. The van der Waals surface area contributed by atoms with Crippen molar-refractivity contribution in [3.8, 4) is 5.75 Å². The molecule has 1 atom stereocenters. The molecular formula is C15H22O3. The number of hydrogen-bond donors (Lipinski definition) is 0. The predicted octanol–water partition coefficient (Wildman–Crippen LogP) is 3.33. The van der Waals surface area contributed by atoms with E-state index in [0.29, 0.717) is 13.0 Å². The van der Waals surface area contributed by atoms with Gasteiger partial charge < -0.3 is 9.47 Å². The normalized spacial score (nSPS) is 12.5. The third kappa shape index (κ3) is 4.88. The van der Waals surface area contributed by atoms with Gasteiger partial charge in [0.2, 0.25) is 0 Å². The summed E-state index contributed by atoms with van der Waals surface area (Å²) in [6.07, 6.45) is 0.659. The number of rotatable bonds is 7. The highest BCUT2D eigenvalue weighted by atomic mass is 16.5. The van der Waals surface area contributed by atoms with Crippen LogP contribution in [0.25, 0.3) is 0 Å². The van der Waals surface area contributed by atoms with Crippen molar-refractivity contribution in [1.29, 1.82) is 0 Å². The Morgan fingerprint density at radius 2 is 1.78 bits per heavy atom. The van der Waals surface area contributed by atoms with Gasteiger partial charge in [0.25, 0.3) is 0 Å². The van der Waals surface area contributed by atoms with E-state index in [9.17, 15) is 4.79 Å². The molecule has 0 radical (unpaired) electrons. The molecule has 0 saturated heterocycles. The Balaban J connectivity index is 2.59. The van der Waals surface area contributed by atoms with Crippen LogP contribution in [-0.2, 0) is 4.74 Å². The van der Waals surface area contributed by atoms with Crippen molar-refractivity contribution in [2.45, 2.75) is 33.3 Å². The molecule has 0 aliphatic heterocycles. The number of ketones is 1. The zero-order valence-corrected chi connectivity index (χ0v) is 11.6. The molecule has 0 aliphatic rings. The van der Waals surface area contributed by atoms with Crippen LogP contribution >= 0.6 is 0 Å². The minimum absolute atomic E-state index is 0.147. The van der Waals surface area contributed by atoms with E-state index in [0.717, 1.165) is 11.3 Å². The second kappa shape index (κ2) is 7.17. The van der Waals surface area contributed by atoms with E-state index in [1.165, 1.54) is 0 Å². The van der Waals surface area contributed by atoms with Crippen molar-refractivity contribution in [1.82, 2.24) is 0 Å². The summed E-state index contributed by atoms with van der Waals surface area (Å²) in [5.74, 6) is 1.19. The Labute approximate surface area is 109 Å². The highest BCUT2D eigenvalue weighted by Crippen LogP contribution is 2.16. The molecule has 1 unspecified atom stereocenters. The number of ether oxygens (including phenoxy) is 2. The third-order valence-electron chi connectivity index (χ3n) is 2.53. The van der Waals surface area contributed by atoms with Crippen LogP contribution in [0.3, 0.4) is 0 Å². The summed E-state index contributed by atoms with van der Waals surface area (Å²) in [4.78, 5) is 12.0. The lowest BCUT2D eigenvalue weighted by Crippen LogP contribution is -2.11. The molecule has 0 saturated carbocycles. The van der Waals surface area contributed by atoms with Gasteiger partial charge in [-0.15, -0.1) is 0 Å². The Hall–Kier alpha value is -1.35. The fourth-order valence-electron chi connectivity index (χ4n) is 1.77. The second-order valence-electron chi connectivity index (χ2n) is 4.88. The molecule has 100 valence electrons. The molecule has 1 rings (SSSR count). The smallest absolute Gasteiger partial charge is 0.163 e. The minimum atomic E-state index is 0.147. The van der Waals surface area contributed by atoms with Crippen LogP contribution in [0.1, 0.15) is 37.6 Å². The first-order valence-corrected chi connectivity index (χ1v) is 6.31. The highest BCUT2D eigenvalue weighted by molar-refractivity contribution is 5.96. The molecule has 0 spiro atoms. The molecule has 18 heavy (non-hydrogen) atoms. The van der Waals surface area contributed by atoms with Crippen LogP contribution in [0.2, 0.25) is 0 Å². The molecule has 1 aromatic rings. The quantitative estimate of drug-likeness (QED) is 0.696. The van der Waals surface area contributed by atoms with E-state index in [-0.39, 0.29) is 17.8 Å². The molecule has 0 heterocycles. The van der Waals surface area contributed by atoms with Crippen LogP contribution in [0.5, 0.6) is 5.75 Å². The molecule has 0 amide bonds. The van der Waals surface area contributed by atoms with Gasteiger partial charge in [0.1, 0.15) is 5.75 Å². The Morgan fingerprint density at radius 1 is 1.17 bits per heavy atom. The van der Waals surface area contributed by atoms with E-state index in [2.05, 4.69) is 0 Å². The van der Waals surface area contributed by atoms with E-state index >= 15 is 0 Å². The molecule has 0 fully saturated rings. The third-order valence-corrected chi connectivity index (χ3v) is 2.53. The fourth-order valence-corrected chi connectivity index (χ4v) is 1.77. The Morgan fingerprint density at radius 3 is 2.28 bits per heavy atom. The maximum Gasteiger partial charge on any atom is 0.163 e. The average molecular weight is 250 g/mol. The van der Waals surface area contributed by atoms with Gasteiger partial charge in [-0.3, -0.25) is 4.79 Å². The fraction of sp³-hybridized carbons (Fsp3) is 0.533. The SMILES string of the molecule is COCC(C)CC(=O)c1ccc(OC(C)C)cc1. The van der Waals surface area contributed by atoms with Crippen molar-refractivity contribution in [2.24, 2.45) is 5.92 Å². The number of methoxy groups -OCH3 is 1. The van der Waals surface area contributed by atoms with Crippen molar-refractivity contribution in [3.63, 3.8) is 0 Å². The van der Waals surface area contributed by atoms with Crippen LogP contribution in [0.15, 0.2) is 24.3 Å². The van der Waals surface area contributed by atoms with Gasteiger partial charge in [-0.1, -0.05) is 6.92 Å². The summed E-state index contributed by atoms with van der Waals surface area (Å²) in [5, 5.41) is 0. The van der Waals surface area contributed by atoms with Crippen molar-refractivity contribution in [3.05, 3.63) is 29.8 Å². The van der Waals surface area contributed by atoms with E-state index < -0.39 is 0 Å². The van der Waals surface area contributed by atoms with Gasteiger partial charge in [-0.05, 0) is 44.0 Å². The minimum Gasteiger partial charge on any atom is -0.491 e. The molecule has 0 bridgehead atoms. The monoisotopic (exact) mass is 250 g/mol. The summed E-state index contributed by atoms with van der Waals surface area (Å²) in [5.41, 5.74) is 0.731. The van der Waals surface area contributed by atoms with E-state index in [1.54, 1.807) is 7.11 Å². The van der Waals surface area contributed by atoms with Crippen LogP contribution in [0, 0.1) is 5.92 Å². The lowest BCUT2D eigenvalue weighted by molar-refractivity contribution is 0.0920.